The summed E-state index contributed by atoms with van der Waals surface area (Å²) < 4.78 is 23.5. The summed E-state index contributed by atoms with van der Waals surface area (Å²) >= 11 is 6.38. The lowest BCUT2D eigenvalue weighted by Gasteiger charge is -2.23. The van der Waals surface area contributed by atoms with E-state index in [1.165, 1.54) is 0 Å². The van der Waals surface area contributed by atoms with Gasteiger partial charge in [0.2, 0.25) is 0 Å². The topological polar surface area (TPSA) is 89.2 Å². The third-order valence-corrected chi connectivity index (χ3v) is 5.77. The molecule has 2 aromatic heterocycles. The van der Waals surface area contributed by atoms with Crippen LogP contribution < -0.4 is 10.5 Å². The molecular weight excluding hydrogens is 441 g/mol. The number of ether oxygens (including phenoxy) is 1. The number of hydrogen-bond donors (Lipinski definition) is 1. The average molecular weight is 464 g/mol. The van der Waals surface area contributed by atoms with Crippen molar-refractivity contribution >= 4 is 22.9 Å². The smallest absolute Gasteiger partial charge is 0.153 e. The Morgan fingerprint density at radius 2 is 1.91 bits per heavy atom. The number of fused-ring (bicyclic) bond motifs is 1. The van der Waals surface area contributed by atoms with Gasteiger partial charge in [0, 0.05) is 23.9 Å². The molecule has 8 heteroatoms. The highest BCUT2D eigenvalue weighted by atomic mass is 35.5. The van der Waals surface area contributed by atoms with Crippen molar-refractivity contribution in [2.24, 2.45) is 0 Å². The molecule has 168 valence electrons. The number of aryl methyl sites for hydroxylation is 1. The fraction of sp³-hybridized carbons (Fsp3) is 0.240. The van der Waals surface area contributed by atoms with Crippen molar-refractivity contribution < 1.29 is 9.13 Å². The zero-order valence-corrected chi connectivity index (χ0v) is 19.5. The monoisotopic (exact) mass is 463 g/mol. The molecule has 0 aliphatic carbocycles. The normalized spacial score (nSPS) is 12.2. The third kappa shape index (κ3) is 3.98. The van der Waals surface area contributed by atoms with Gasteiger partial charge >= 0.3 is 0 Å². The second kappa shape index (κ2) is 8.72. The van der Waals surface area contributed by atoms with Gasteiger partial charge in [-0.15, -0.1) is 0 Å². The second-order valence-electron chi connectivity index (χ2n) is 8.13. The zero-order chi connectivity index (χ0) is 23.9. The van der Waals surface area contributed by atoms with Crippen molar-refractivity contribution in [1.29, 1.82) is 5.26 Å². The van der Waals surface area contributed by atoms with Gasteiger partial charge in [-0.25, -0.2) is 14.4 Å². The summed E-state index contributed by atoms with van der Waals surface area (Å²) in [5, 5.41) is 9.11. The van der Waals surface area contributed by atoms with Crippen LogP contribution in [0, 0.1) is 24.1 Å². The minimum atomic E-state index is -0.578. The molecule has 0 amide bonds. The van der Waals surface area contributed by atoms with Crippen LogP contribution in [0.3, 0.4) is 0 Å². The fourth-order valence-corrected chi connectivity index (χ4v) is 4.21. The van der Waals surface area contributed by atoms with E-state index in [4.69, 9.17) is 32.3 Å². The molecule has 0 saturated heterocycles. The highest BCUT2D eigenvalue weighted by Gasteiger charge is 2.27. The van der Waals surface area contributed by atoms with Gasteiger partial charge in [-0.1, -0.05) is 30.7 Å². The molecule has 0 aliphatic rings. The number of nitrogens with zero attached hydrogens (tertiary/aromatic N) is 4. The molecule has 1 atom stereocenters. The van der Waals surface area contributed by atoms with E-state index in [2.05, 4.69) is 11.1 Å². The van der Waals surface area contributed by atoms with Crippen molar-refractivity contribution in [2.75, 3.05) is 5.73 Å². The Kier molecular flexibility index (Phi) is 5.96. The van der Waals surface area contributed by atoms with Crippen LogP contribution >= 0.6 is 11.6 Å². The standard InChI is InChI=1S/C25H23ClFN5O/c1-13(2)33-23-18(14(3)25-31-15(4)22-24(29)30-9-10-32(22)25)11-19(26)21(27)20(23)17-7-5-16(12-28)6-8-17/h5-11,13-14H,1-4H3,(H2,29,30). The molecule has 33 heavy (non-hydrogen) atoms. The number of hydrogen-bond acceptors (Lipinski definition) is 5. The number of rotatable bonds is 5. The number of aromatic nitrogens is 3. The van der Waals surface area contributed by atoms with E-state index in [0.29, 0.717) is 34.1 Å². The molecule has 4 aromatic rings. The highest BCUT2D eigenvalue weighted by molar-refractivity contribution is 6.31. The van der Waals surface area contributed by atoms with Crippen LogP contribution in [-0.2, 0) is 0 Å². The van der Waals surface area contributed by atoms with Crippen LogP contribution in [-0.4, -0.2) is 20.5 Å². The molecule has 0 saturated carbocycles. The van der Waals surface area contributed by atoms with Crippen LogP contribution in [0.1, 0.15) is 49.3 Å². The lowest BCUT2D eigenvalue weighted by atomic mass is 9.93. The SMILES string of the molecule is Cc1nc(C(C)c2cc(Cl)c(F)c(-c3ccc(C#N)cc3)c2OC(C)C)n2ccnc(N)c12. The fourth-order valence-electron chi connectivity index (χ4n) is 4.00. The largest absolute Gasteiger partial charge is 0.490 e. The quantitative estimate of drug-likeness (QED) is 0.398. The predicted molar refractivity (Wildman–Crippen MR) is 127 cm³/mol. The molecule has 0 radical (unpaired) electrons. The highest BCUT2D eigenvalue weighted by Crippen LogP contribution is 2.44. The Morgan fingerprint density at radius 1 is 1.21 bits per heavy atom. The van der Waals surface area contributed by atoms with Crippen molar-refractivity contribution in [3.63, 3.8) is 0 Å². The van der Waals surface area contributed by atoms with Crippen molar-refractivity contribution in [2.45, 2.75) is 39.7 Å². The van der Waals surface area contributed by atoms with Crippen LogP contribution in [0.2, 0.25) is 5.02 Å². The van der Waals surface area contributed by atoms with Gasteiger partial charge in [-0.05, 0) is 44.5 Å². The van der Waals surface area contributed by atoms with Gasteiger partial charge in [-0.2, -0.15) is 5.26 Å². The number of imidazole rings is 1. The Hall–Kier alpha value is -3.63. The van der Waals surface area contributed by atoms with E-state index in [0.717, 1.165) is 11.2 Å². The number of anilines is 1. The maximum absolute atomic E-state index is 15.4. The number of nitriles is 1. The summed E-state index contributed by atoms with van der Waals surface area (Å²) in [6, 6.07) is 10.3. The van der Waals surface area contributed by atoms with E-state index < -0.39 is 5.82 Å². The first-order chi connectivity index (χ1) is 15.7. The van der Waals surface area contributed by atoms with Gasteiger partial charge in [0.25, 0.3) is 0 Å². The first-order valence-electron chi connectivity index (χ1n) is 10.5. The van der Waals surface area contributed by atoms with Gasteiger partial charge < -0.3 is 10.5 Å². The van der Waals surface area contributed by atoms with E-state index in [1.807, 2.05) is 32.1 Å². The van der Waals surface area contributed by atoms with E-state index in [-0.39, 0.29) is 22.6 Å². The van der Waals surface area contributed by atoms with Gasteiger partial charge in [-0.3, -0.25) is 4.40 Å². The maximum atomic E-state index is 15.4. The molecule has 0 aliphatic heterocycles. The Balaban J connectivity index is 1.98. The molecule has 2 N–H and O–H groups in total. The van der Waals surface area contributed by atoms with Crippen molar-refractivity contribution in [3.8, 4) is 22.9 Å². The van der Waals surface area contributed by atoms with Crippen LogP contribution in [0.5, 0.6) is 5.75 Å². The first-order valence-corrected chi connectivity index (χ1v) is 10.9. The summed E-state index contributed by atoms with van der Waals surface area (Å²) in [4.78, 5) is 8.90. The van der Waals surface area contributed by atoms with Gasteiger partial charge in [0.15, 0.2) is 5.82 Å². The predicted octanol–water partition coefficient (Wildman–Crippen LogP) is 5.89. The summed E-state index contributed by atoms with van der Waals surface area (Å²) in [5.41, 5.74) is 9.54. The second-order valence-corrected chi connectivity index (χ2v) is 8.54. The molecular formula is C25H23ClFN5O. The van der Waals surface area contributed by atoms with E-state index in [1.54, 1.807) is 42.7 Å². The molecule has 2 aromatic carbocycles. The summed E-state index contributed by atoms with van der Waals surface area (Å²) in [5.74, 6) is 0.594. The lowest BCUT2D eigenvalue weighted by molar-refractivity contribution is 0.239. The Morgan fingerprint density at radius 3 is 2.55 bits per heavy atom. The van der Waals surface area contributed by atoms with Gasteiger partial charge in [0.1, 0.15) is 22.9 Å². The van der Waals surface area contributed by atoms with Crippen LogP contribution in [0.15, 0.2) is 42.7 Å². The first kappa shape index (κ1) is 22.6. The summed E-state index contributed by atoms with van der Waals surface area (Å²) in [6.45, 7) is 7.59. The molecule has 1 unspecified atom stereocenters. The van der Waals surface area contributed by atoms with Gasteiger partial charge in [0.05, 0.1) is 34.0 Å². The zero-order valence-electron chi connectivity index (χ0n) is 18.7. The Labute approximate surface area is 196 Å². The molecule has 0 bridgehead atoms. The van der Waals surface area contributed by atoms with Crippen LogP contribution in [0.4, 0.5) is 10.2 Å². The number of nitrogens with two attached hydrogens (primary N) is 1. The van der Waals surface area contributed by atoms with E-state index in [9.17, 15) is 0 Å². The number of halogens is 2. The minimum absolute atomic E-state index is 0.0221. The van der Waals surface area contributed by atoms with Crippen molar-refractivity contribution in [3.05, 3.63) is 76.2 Å². The maximum Gasteiger partial charge on any atom is 0.153 e. The lowest BCUT2D eigenvalue weighted by Crippen LogP contribution is -2.13. The number of benzene rings is 2. The minimum Gasteiger partial charge on any atom is -0.490 e. The molecule has 0 spiro atoms. The molecule has 0 fully saturated rings. The van der Waals surface area contributed by atoms with E-state index >= 15 is 4.39 Å². The summed E-state index contributed by atoms with van der Waals surface area (Å²) in [6.07, 6.45) is 3.20. The summed E-state index contributed by atoms with van der Waals surface area (Å²) in [7, 11) is 0. The van der Waals surface area contributed by atoms with Crippen LogP contribution in [0.25, 0.3) is 16.6 Å². The van der Waals surface area contributed by atoms with Crippen molar-refractivity contribution in [1.82, 2.24) is 14.4 Å². The average Bonchev–Trinajstić information content (AvgIpc) is 3.13. The molecule has 4 rings (SSSR count). The number of nitrogen functional groups attached to an aromatic ring is 1. The molecule has 2 heterocycles. The molecule has 6 nitrogen and oxygen atoms in total. The Bertz CT molecular complexity index is 1390. The third-order valence-electron chi connectivity index (χ3n) is 5.50.